The Kier molecular flexibility index (Phi) is 4.33. The third-order valence-electron chi connectivity index (χ3n) is 5.21. The molecule has 1 unspecified atom stereocenters. The molecule has 0 radical (unpaired) electrons. The maximum Gasteiger partial charge on any atom is 0.320 e. The van der Waals surface area contributed by atoms with Gasteiger partial charge in [-0.25, -0.2) is 4.79 Å². The van der Waals surface area contributed by atoms with Crippen molar-refractivity contribution in [1.29, 1.82) is 0 Å². The van der Waals surface area contributed by atoms with Gasteiger partial charge in [-0.2, -0.15) is 0 Å². The lowest BCUT2D eigenvalue weighted by molar-refractivity contribution is -0.138. The van der Waals surface area contributed by atoms with Gasteiger partial charge in [-0.3, -0.25) is 9.69 Å². The minimum atomic E-state index is -0.725. The number of carboxylic acids is 1. The normalized spacial score (nSPS) is 27.7. The maximum atomic E-state index is 12.6. The third-order valence-corrected chi connectivity index (χ3v) is 5.21. The van der Waals surface area contributed by atoms with Crippen LogP contribution in [0.25, 0.3) is 0 Å². The van der Waals surface area contributed by atoms with Gasteiger partial charge in [0.25, 0.3) is 0 Å². The Morgan fingerprint density at radius 3 is 2.43 bits per heavy atom. The summed E-state index contributed by atoms with van der Waals surface area (Å²) in [5.74, 6) is -0.490. The smallest absolute Gasteiger partial charge is 0.320 e. The van der Waals surface area contributed by atoms with Gasteiger partial charge in [0, 0.05) is 45.2 Å². The number of amides is 2. The van der Waals surface area contributed by atoms with Crippen molar-refractivity contribution < 1.29 is 14.7 Å². The van der Waals surface area contributed by atoms with Crippen molar-refractivity contribution in [3.8, 4) is 0 Å². The van der Waals surface area contributed by atoms with Gasteiger partial charge < -0.3 is 14.9 Å². The number of hydrogen-bond donors (Lipinski definition) is 1. The average molecular weight is 295 g/mol. The van der Waals surface area contributed by atoms with E-state index in [1.807, 2.05) is 9.80 Å². The fourth-order valence-electron chi connectivity index (χ4n) is 3.94. The number of nitrogens with zero attached hydrogens (tertiary/aromatic N) is 3. The molecule has 1 atom stereocenters. The SMILES string of the molecule is O=C(O)CC1CCN(C(=O)N2CCN3CCCC3C2)CC1. The van der Waals surface area contributed by atoms with E-state index in [0.717, 1.165) is 32.5 Å². The maximum absolute atomic E-state index is 12.6. The van der Waals surface area contributed by atoms with Crippen molar-refractivity contribution in [2.75, 3.05) is 39.3 Å². The molecule has 0 saturated carbocycles. The van der Waals surface area contributed by atoms with Crippen LogP contribution in [0.1, 0.15) is 32.1 Å². The summed E-state index contributed by atoms with van der Waals surface area (Å²) in [5, 5.41) is 8.84. The monoisotopic (exact) mass is 295 g/mol. The van der Waals surface area contributed by atoms with E-state index in [-0.39, 0.29) is 18.4 Å². The summed E-state index contributed by atoms with van der Waals surface area (Å²) in [7, 11) is 0. The molecular formula is C15H25N3O3. The van der Waals surface area contributed by atoms with E-state index in [1.54, 1.807) is 0 Å². The van der Waals surface area contributed by atoms with Crippen molar-refractivity contribution in [2.45, 2.75) is 38.1 Å². The second kappa shape index (κ2) is 6.22. The molecule has 3 saturated heterocycles. The highest BCUT2D eigenvalue weighted by molar-refractivity contribution is 5.75. The Morgan fingerprint density at radius 1 is 0.952 bits per heavy atom. The van der Waals surface area contributed by atoms with Gasteiger partial charge >= 0.3 is 12.0 Å². The van der Waals surface area contributed by atoms with Crippen LogP contribution in [0.4, 0.5) is 4.79 Å². The first-order valence-corrected chi connectivity index (χ1v) is 8.13. The van der Waals surface area contributed by atoms with Crippen molar-refractivity contribution in [2.24, 2.45) is 5.92 Å². The second-order valence-electron chi connectivity index (χ2n) is 6.59. The molecule has 2 amide bonds. The van der Waals surface area contributed by atoms with Crippen molar-refractivity contribution in [1.82, 2.24) is 14.7 Å². The van der Waals surface area contributed by atoms with E-state index >= 15 is 0 Å². The number of likely N-dealkylation sites (tertiary alicyclic amines) is 1. The van der Waals surface area contributed by atoms with Gasteiger partial charge in [0.05, 0.1) is 0 Å². The molecular weight excluding hydrogens is 270 g/mol. The second-order valence-corrected chi connectivity index (χ2v) is 6.59. The van der Waals surface area contributed by atoms with Gasteiger partial charge in [0.15, 0.2) is 0 Å². The summed E-state index contributed by atoms with van der Waals surface area (Å²) in [6.45, 7) is 5.32. The van der Waals surface area contributed by atoms with E-state index in [1.165, 1.54) is 19.4 Å². The summed E-state index contributed by atoms with van der Waals surface area (Å²) in [5.41, 5.74) is 0. The number of hydrogen-bond acceptors (Lipinski definition) is 3. The summed E-state index contributed by atoms with van der Waals surface area (Å²) in [6, 6.07) is 0.725. The van der Waals surface area contributed by atoms with Crippen molar-refractivity contribution in [3.63, 3.8) is 0 Å². The lowest BCUT2D eigenvalue weighted by Gasteiger charge is -2.41. The molecule has 118 valence electrons. The fraction of sp³-hybridized carbons (Fsp3) is 0.867. The summed E-state index contributed by atoms with van der Waals surface area (Å²) < 4.78 is 0. The quantitative estimate of drug-likeness (QED) is 0.828. The number of fused-ring (bicyclic) bond motifs is 1. The van der Waals surface area contributed by atoms with Gasteiger partial charge in [0.1, 0.15) is 0 Å². The number of rotatable bonds is 2. The predicted octanol–water partition coefficient (Wildman–Crippen LogP) is 1.07. The topological polar surface area (TPSA) is 64.1 Å². The minimum Gasteiger partial charge on any atom is -0.481 e. The number of piperidine rings is 1. The first-order chi connectivity index (χ1) is 10.1. The molecule has 1 N–H and O–H groups in total. The Labute approximate surface area is 125 Å². The van der Waals surface area contributed by atoms with Crippen LogP contribution < -0.4 is 0 Å². The lowest BCUT2D eigenvalue weighted by Crippen LogP contribution is -2.56. The van der Waals surface area contributed by atoms with Gasteiger partial charge in [-0.15, -0.1) is 0 Å². The minimum absolute atomic E-state index is 0.162. The summed E-state index contributed by atoms with van der Waals surface area (Å²) in [6.07, 6.45) is 4.35. The van der Waals surface area contributed by atoms with Crippen LogP contribution in [0.2, 0.25) is 0 Å². The highest BCUT2D eigenvalue weighted by Crippen LogP contribution is 2.24. The number of carboxylic acid groups (broad SMARTS) is 1. The largest absolute Gasteiger partial charge is 0.481 e. The molecule has 21 heavy (non-hydrogen) atoms. The van der Waals surface area contributed by atoms with Crippen LogP contribution in [0.5, 0.6) is 0 Å². The molecule has 3 aliphatic rings. The van der Waals surface area contributed by atoms with Crippen molar-refractivity contribution in [3.05, 3.63) is 0 Å². The average Bonchev–Trinajstić information content (AvgIpc) is 2.94. The zero-order valence-corrected chi connectivity index (χ0v) is 12.5. The Bertz CT molecular complexity index is 407. The molecule has 6 heteroatoms. The van der Waals surface area contributed by atoms with Gasteiger partial charge in [-0.1, -0.05) is 0 Å². The third kappa shape index (κ3) is 3.31. The van der Waals surface area contributed by atoms with Crippen LogP contribution in [0.15, 0.2) is 0 Å². The molecule has 0 aromatic heterocycles. The zero-order chi connectivity index (χ0) is 14.8. The molecule has 3 heterocycles. The number of carbonyl (C=O) groups is 2. The molecule has 6 nitrogen and oxygen atoms in total. The lowest BCUT2D eigenvalue weighted by atomic mass is 9.94. The molecule has 0 aromatic carbocycles. The number of carbonyl (C=O) groups excluding carboxylic acids is 1. The molecule has 0 aromatic rings. The van der Waals surface area contributed by atoms with E-state index in [0.29, 0.717) is 19.1 Å². The number of aliphatic carboxylic acids is 1. The molecule has 0 aliphatic carbocycles. The molecule has 0 spiro atoms. The van der Waals surface area contributed by atoms with E-state index < -0.39 is 5.97 Å². The fourth-order valence-corrected chi connectivity index (χ4v) is 3.94. The summed E-state index contributed by atoms with van der Waals surface area (Å²) in [4.78, 5) is 29.8. The van der Waals surface area contributed by atoms with Gasteiger partial charge in [-0.05, 0) is 38.1 Å². The Morgan fingerprint density at radius 2 is 1.71 bits per heavy atom. The van der Waals surface area contributed by atoms with Crippen molar-refractivity contribution >= 4 is 12.0 Å². The highest BCUT2D eigenvalue weighted by atomic mass is 16.4. The first kappa shape index (κ1) is 14.6. The van der Waals surface area contributed by atoms with E-state index in [4.69, 9.17) is 5.11 Å². The zero-order valence-electron chi connectivity index (χ0n) is 12.5. The number of urea groups is 1. The molecule has 0 bridgehead atoms. The van der Waals surface area contributed by atoms with E-state index in [2.05, 4.69) is 4.90 Å². The standard InChI is InChI=1S/C15H25N3O3/c19-14(20)10-12-3-6-17(7-4-12)15(21)18-9-8-16-5-1-2-13(16)11-18/h12-13H,1-11H2,(H,19,20). The van der Waals surface area contributed by atoms with Crippen LogP contribution >= 0.6 is 0 Å². The van der Waals surface area contributed by atoms with Gasteiger partial charge in [0.2, 0.25) is 0 Å². The molecule has 3 fully saturated rings. The summed E-state index contributed by atoms with van der Waals surface area (Å²) >= 11 is 0. The van der Waals surface area contributed by atoms with Crippen LogP contribution in [-0.2, 0) is 4.79 Å². The Hall–Kier alpha value is -1.30. The Balaban J connectivity index is 1.49. The predicted molar refractivity (Wildman–Crippen MR) is 78.1 cm³/mol. The van der Waals surface area contributed by atoms with Crippen LogP contribution in [-0.4, -0.2) is 77.1 Å². The van der Waals surface area contributed by atoms with Crippen LogP contribution in [0, 0.1) is 5.92 Å². The highest BCUT2D eigenvalue weighted by Gasteiger charge is 2.35. The first-order valence-electron chi connectivity index (χ1n) is 8.13. The molecule has 3 rings (SSSR count). The van der Waals surface area contributed by atoms with E-state index in [9.17, 15) is 9.59 Å². The number of piperazine rings is 1. The van der Waals surface area contributed by atoms with Crippen LogP contribution in [0.3, 0.4) is 0 Å². The molecule has 3 aliphatic heterocycles.